The Kier molecular flexibility index (Phi) is 6.10. The number of hydrogen-bond donors (Lipinski definition) is 1. The Labute approximate surface area is 120 Å². The molecule has 8 heteroatoms. The van der Waals surface area contributed by atoms with Crippen LogP contribution in [0.25, 0.3) is 0 Å². The molecule has 0 aromatic rings. The van der Waals surface area contributed by atoms with Gasteiger partial charge in [-0.1, -0.05) is 12.8 Å². The van der Waals surface area contributed by atoms with Crippen molar-refractivity contribution in [1.82, 2.24) is 5.32 Å². The maximum Gasteiger partial charge on any atom is 0.392 e. The molecule has 0 aliphatic heterocycles. The average Bonchev–Trinajstić information content (AvgIpc) is 2.42. The van der Waals surface area contributed by atoms with Gasteiger partial charge in [0, 0.05) is 12.5 Å². The molecule has 0 radical (unpaired) electrons. The number of carbonyl (C=O) groups is 2. The second-order valence-corrected chi connectivity index (χ2v) is 5.30. The zero-order valence-electron chi connectivity index (χ0n) is 11.0. The lowest BCUT2D eigenvalue weighted by Gasteiger charge is -2.32. The fraction of sp³-hybridized carbons (Fsp3) is 0.833. The van der Waals surface area contributed by atoms with Crippen LogP contribution in [0.15, 0.2) is 0 Å². The molecule has 3 atom stereocenters. The summed E-state index contributed by atoms with van der Waals surface area (Å²) in [5.41, 5.74) is 0. The first kappa shape index (κ1) is 17.1. The van der Waals surface area contributed by atoms with Gasteiger partial charge < -0.3 is 10.1 Å². The Morgan fingerprint density at radius 3 is 2.50 bits per heavy atom. The second kappa shape index (κ2) is 7.15. The monoisotopic (exact) mass is 315 g/mol. The van der Waals surface area contributed by atoms with E-state index in [1.807, 2.05) is 0 Å². The van der Waals surface area contributed by atoms with E-state index in [4.69, 9.17) is 11.6 Å². The number of methoxy groups -OCH3 is 1. The van der Waals surface area contributed by atoms with Crippen molar-refractivity contribution in [2.24, 2.45) is 11.8 Å². The van der Waals surface area contributed by atoms with Gasteiger partial charge in [0.1, 0.15) is 5.38 Å². The molecule has 0 aromatic heterocycles. The van der Waals surface area contributed by atoms with Crippen LogP contribution in [0.1, 0.15) is 25.7 Å². The lowest BCUT2D eigenvalue weighted by Crippen LogP contribution is -2.44. The van der Waals surface area contributed by atoms with Gasteiger partial charge in [-0.05, 0) is 12.8 Å². The van der Waals surface area contributed by atoms with Crippen LogP contribution in [0.2, 0.25) is 0 Å². The number of halogens is 4. The summed E-state index contributed by atoms with van der Waals surface area (Å²) in [6.45, 7) is -0.242. The second-order valence-electron chi connectivity index (χ2n) is 4.77. The summed E-state index contributed by atoms with van der Waals surface area (Å²) in [6.07, 6.45) is -3.17. The van der Waals surface area contributed by atoms with Crippen molar-refractivity contribution < 1.29 is 27.5 Å². The van der Waals surface area contributed by atoms with Crippen molar-refractivity contribution in [3.63, 3.8) is 0 Å². The number of ether oxygens (including phenoxy) is 1. The third kappa shape index (κ3) is 4.54. The number of esters is 1. The van der Waals surface area contributed by atoms with Gasteiger partial charge in [-0.3, -0.25) is 9.59 Å². The van der Waals surface area contributed by atoms with E-state index in [-0.39, 0.29) is 19.4 Å². The summed E-state index contributed by atoms with van der Waals surface area (Å²) in [5, 5.41) is 1.20. The molecule has 0 heterocycles. The molecule has 3 unspecified atom stereocenters. The molecule has 0 aromatic carbocycles. The van der Waals surface area contributed by atoms with Crippen LogP contribution in [0.3, 0.4) is 0 Å². The predicted octanol–water partition coefficient (Wildman–Crippen LogP) is 2.25. The normalized spacial score (nSPS) is 24.9. The van der Waals surface area contributed by atoms with Crippen molar-refractivity contribution in [1.29, 1.82) is 0 Å². The van der Waals surface area contributed by atoms with Gasteiger partial charge in [-0.15, -0.1) is 11.6 Å². The lowest BCUT2D eigenvalue weighted by atomic mass is 9.78. The molecule has 20 heavy (non-hydrogen) atoms. The van der Waals surface area contributed by atoms with Crippen LogP contribution >= 0.6 is 11.6 Å². The lowest BCUT2D eigenvalue weighted by molar-refractivity contribution is -0.198. The molecule has 1 saturated carbocycles. The fourth-order valence-electron chi connectivity index (χ4n) is 2.37. The van der Waals surface area contributed by atoms with Gasteiger partial charge in [-0.25, -0.2) is 0 Å². The van der Waals surface area contributed by atoms with Crippen molar-refractivity contribution in [2.75, 3.05) is 13.7 Å². The standard InChI is InChI=1S/C12H17ClF3NO3/c1-20-11(19)9(13)6-17-10(18)7-4-2-3-5-8(7)12(14,15)16/h7-9H,2-6H2,1H3,(H,17,18). The summed E-state index contributed by atoms with van der Waals surface area (Å²) in [4.78, 5) is 22.9. The molecule has 0 bridgehead atoms. The van der Waals surface area contributed by atoms with Crippen LogP contribution in [0.5, 0.6) is 0 Å². The van der Waals surface area contributed by atoms with Crippen LogP contribution < -0.4 is 5.32 Å². The third-order valence-corrected chi connectivity index (χ3v) is 3.77. The van der Waals surface area contributed by atoms with Crippen molar-refractivity contribution >= 4 is 23.5 Å². The Balaban J connectivity index is 2.58. The Morgan fingerprint density at radius 2 is 1.95 bits per heavy atom. The molecule has 1 aliphatic rings. The zero-order valence-corrected chi connectivity index (χ0v) is 11.8. The maximum atomic E-state index is 12.9. The molecular weight excluding hydrogens is 299 g/mol. The van der Waals surface area contributed by atoms with E-state index in [1.165, 1.54) is 0 Å². The number of rotatable bonds is 4. The predicted molar refractivity (Wildman–Crippen MR) is 66.2 cm³/mol. The summed E-state index contributed by atoms with van der Waals surface area (Å²) in [7, 11) is 1.14. The van der Waals surface area contributed by atoms with E-state index in [9.17, 15) is 22.8 Å². The first-order valence-corrected chi connectivity index (χ1v) is 6.77. The molecule has 1 rings (SSSR count). The van der Waals surface area contributed by atoms with E-state index in [0.717, 1.165) is 7.11 Å². The number of amides is 1. The number of hydrogen-bond acceptors (Lipinski definition) is 3. The highest BCUT2D eigenvalue weighted by Gasteiger charge is 2.48. The van der Waals surface area contributed by atoms with Crippen molar-refractivity contribution in [3.8, 4) is 0 Å². The number of nitrogens with one attached hydrogen (secondary N) is 1. The van der Waals surface area contributed by atoms with E-state index in [0.29, 0.717) is 12.8 Å². The zero-order chi connectivity index (χ0) is 15.3. The summed E-state index contributed by atoms with van der Waals surface area (Å²) in [6, 6.07) is 0. The minimum Gasteiger partial charge on any atom is -0.468 e. The quantitative estimate of drug-likeness (QED) is 0.639. The van der Waals surface area contributed by atoms with Crippen molar-refractivity contribution in [2.45, 2.75) is 37.2 Å². The summed E-state index contributed by atoms with van der Waals surface area (Å²) < 4.78 is 42.9. The van der Waals surface area contributed by atoms with Crippen LogP contribution in [-0.4, -0.2) is 37.1 Å². The van der Waals surface area contributed by atoms with Gasteiger partial charge in [0.2, 0.25) is 5.91 Å². The summed E-state index contributed by atoms with van der Waals surface area (Å²) >= 11 is 5.63. The highest BCUT2D eigenvalue weighted by atomic mass is 35.5. The van der Waals surface area contributed by atoms with Crippen LogP contribution in [-0.2, 0) is 14.3 Å². The summed E-state index contributed by atoms with van der Waals surface area (Å²) in [5.74, 6) is -4.17. The highest BCUT2D eigenvalue weighted by molar-refractivity contribution is 6.30. The molecule has 0 spiro atoms. The molecule has 116 valence electrons. The van der Waals surface area contributed by atoms with E-state index in [2.05, 4.69) is 10.1 Å². The van der Waals surface area contributed by atoms with Gasteiger partial charge in [0.25, 0.3) is 0 Å². The first-order valence-electron chi connectivity index (χ1n) is 6.33. The largest absolute Gasteiger partial charge is 0.468 e. The average molecular weight is 316 g/mol. The topological polar surface area (TPSA) is 55.4 Å². The molecule has 1 amide bonds. The van der Waals surface area contributed by atoms with E-state index >= 15 is 0 Å². The van der Waals surface area contributed by atoms with Gasteiger partial charge in [0.05, 0.1) is 13.0 Å². The smallest absolute Gasteiger partial charge is 0.392 e. The van der Waals surface area contributed by atoms with E-state index < -0.39 is 35.3 Å². The molecule has 0 saturated heterocycles. The molecular formula is C12H17ClF3NO3. The number of alkyl halides is 4. The maximum absolute atomic E-state index is 12.9. The SMILES string of the molecule is COC(=O)C(Cl)CNC(=O)C1CCCCC1C(F)(F)F. The Hall–Kier alpha value is -0.980. The van der Waals surface area contributed by atoms with Crippen LogP contribution in [0, 0.1) is 11.8 Å². The molecule has 1 fully saturated rings. The number of carbonyl (C=O) groups excluding carboxylic acids is 2. The van der Waals surface area contributed by atoms with Crippen LogP contribution in [0.4, 0.5) is 13.2 Å². The molecule has 1 aliphatic carbocycles. The Bertz CT molecular complexity index is 362. The van der Waals surface area contributed by atoms with Crippen molar-refractivity contribution in [3.05, 3.63) is 0 Å². The molecule has 1 N–H and O–H groups in total. The van der Waals surface area contributed by atoms with Gasteiger partial charge >= 0.3 is 12.1 Å². The molecule has 4 nitrogen and oxygen atoms in total. The first-order chi connectivity index (χ1) is 9.27. The Morgan fingerprint density at radius 1 is 1.35 bits per heavy atom. The van der Waals surface area contributed by atoms with Gasteiger partial charge in [0.15, 0.2) is 0 Å². The third-order valence-electron chi connectivity index (χ3n) is 3.44. The van der Waals surface area contributed by atoms with E-state index in [1.54, 1.807) is 0 Å². The fourth-order valence-corrected chi connectivity index (χ4v) is 2.54. The minimum absolute atomic E-state index is 0.0388. The minimum atomic E-state index is -4.38. The van der Waals surface area contributed by atoms with Gasteiger partial charge in [-0.2, -0.15) is 13.2 Å². The highest BCUT2D eigenvalue weighted by Crippen LogP contribution is 2.41.